The van der Waals surface area contributed by atoms with E-state index in [4.69, 9.17) is 0 Å². The molecule has 0 amide bonds. The molecule has 0 nitrogen and oxygen atoms in total. The van der Waals surface area contributed by atoms with Crippen molar-refractivity contribution in [3.05, 3.63) is 30.2 Å². The lowest BCUT2D eigenvalue weighted by molar-refractivity contribution is 0.588. The summed E-state index contributed by atoms with van der Waals surface area (Å²) in [4.78, 5) is 0. The lowest BCUT2D eigenvalue weighted by Crippen LogP contribution is -1.86. The van der Waals surface area contributed by atoms with E-state index in [0.717, 1.165) is 5.92 Å². The summed E-state index contributed by atoms with van der Waals surface area (Å²) in [5.74, 6) is 0.829. The largest absolute Gasteiger partial charge is 0.0764 e. The number of hydrogen-bond acceptors (Lipinski definition) is 0. The van der Waals surface area contributed by atoms with Crippen molar-refractivity contribution in [2.24, 2.45) is 5.92 Å². The van der Waals surface area contributed by atoms with Gasteiger partial charge in [-0.1, -0.05) is 37.6 Å². The van der Waals surface area contributed by atoms with Gasteiger partial charge in [0.15, 0.2) is 0 Å². The third kappa shape index (κ3) is 2.38. The Balaban J connectivity index is 2.19. The molecule has 0 saturated heterocycles. The van der Waals surface area contributed by atoms with Gasteiger partial charge < -0.3 is 0 Å². The van der Waals surface area contributed by atoms with Crippen LogP contribution in [-0.4, -0.2) is 0 Å². The first-order valence-corrected chi connectivity index (χ1v) is 3.99. The molecular weight excluding hydrogens is 120 g/mol. The molecule has 0 unspecified atom stereocenters. The summed E-state index contributed by atoms with van der Waals surface area (Å²) in [6.45, 7) is 4.53. The maximum Gasteiger partial charge on any atom is 0.00535 e. The van der Waals surface area contributed by atoms with Crippen LogP contribution in [0.4, 0.5) is 0 Å². The van der Waals surface area contributed by atoms with E-state index >= 15 is 0 Å². The third-order valence-electron chi connectivity index (χ3n) is 1.74. The SMILES string of the molecule is CC(C)CCC1=C[CH]C=C1. The molecule has 0 fully saturated rings. The molecule has 55 valence electrons. The minimum absolute atomic E-state index is 0.829. The van der Waals surface area contributed by atoms with Gasteiger partial charge in [0.05, 0.1) is 0 Å². The van der Waals surface area contributed by atoms with E-state index in [0.29, 0.717) is 0 Å². The van der Waals surface area contributed by atoms with Crippen LogP contribution >= 0.6 is 0 Å². The maximum atomic E-state index is 2.27. The minimum atomic E-state index is 0.829. The lowest BCUT2D eigenvalue weighted by Gasteiger charge is -2.02. The molecule has 0 aliphatic heterocycles. The van der Waals surface area contributed by atoms with Crippen molar-refractivity contribution in [1.82, 2.24) is 0 Å². The van der Waals surface area contributed by atoms with Gasteiger partial charge in [0, 0.05) is 6.42 Å². The molecule has 0 heteroatoms. The molecule has 0 spiro atoms. The Hall–Kier alpha value is -0.520. The minimum Gasteiger partial charge on any atom is -0.0764 e. The van der Waals surface area contributed by atoms with E-state index in [-0.39, 0.29) is 0 Å². The molecule has 0 heterocycles. The number of hydrogen-bond donors (Lipinski definition) is 0. The lowest BCUT2D eigenvalue weighted by atomic mass is 10.0. The highest BCUT2D eigenvalue weighted by Crippen LogP contribution is 2.16. The number of allylic oxidation sites excluding steroid dienone is 4. The van der Waals surface area contributed by atoms with Crippen LogP contribution in [0.25, 0.3) is 0 Å². The van der Waals surface area contributed by atoms with Crippen LogP contribution in [0.15, 0.2) is 23.8 Å². The fourth-order valence-corrected chi connectivity index (χ4v) is 1.04. The van der Waals surface area contributed by atoms with Crippen LogP contribution in [0.2, 0.25) is 0 Å². The zero-order valence-corrected chi connectivity index (χ0v) is 6.80. The Labute approximate surface area is 63.6 Å². The Kier molecular flexibility index (Phi) is 2.73. The van der Waals surface area contributed by atoms with Gasteiger partial charge in [0.1, 0.15) is 0 Å². The maximum absolute atomic E-state index is 2.27. The molecule has 0 saturated carbocycles. The summed E-state index contributed by atoms with van der Waals surface area (Å²) in [7, 11) is 0. The van der Waals surface area contributed by atoms with Gasteiger partial charge >= 0.3 is 0 Å². The summed E-state index contributed by atoms with van der Waals surface area (Å²) in [6, 6.07) is 0. The smallest absolute Gasteiger partial charge is 0.00535 e. The second-order valence-electron chi connectivity index (χ2n) is 3.23. The first kappa shape index (κ1) is 7.59. The molecule has 1 aliphatic carbocycles. The molecule has 0 aromatic heterocycles. The highest BCUT2D eigenvalue weighted by Gasteiger charge is 1.99. The van der Waals surface area contributed by atoms with Crippen molar-refractivity contribution in [3.8, 4) is 0 Å². The third-order valence-corrected chi connectivity index (χ3v) is 1.74. The van der Waals surface area contributed by atoms with Crippen LogP contribution in [0, 0.1) is 12.3 Å². The van der Waals surface area contributed by atoms with Crippen molar-refractivity contribution in [1.29, 1.82) is 0 Å². The molecule has 0 bridgehead atoms. The van der Waals surface area contributed by atoms with Gasteiger partial charge in [-0.15, -0.1) is 0 Å². The van der Waals surface area contributed by atoms with Gasteiger partial charge in [0.25, 0.3) is 0 Å². The van der Waals surface area contributed by atoms with Crippen LogP contribution in [0.1, 0.15) is 26.7 Å². The molecular formula is C10H15. The van der Waals surface area contributed by atoms with Gasteiger partial charge in [0.2, 0.25) is 0 Å². The first-order chi connectivity index (χ1) is 4.79. The molecule has 0 aromatic rings. The first-order valence-electron chi connectivity index (χ1n) is 3.99. The van der Waals surface area contributed by atoms with Gasteiger partial charge in [-0.25, -0.2) is 0 Å². The highest BCUT2D eigenvalue weighted by molar-refractivity contribution is 5.33. The topological polar surface area (TPSA) is 0 Å². The van der Waals surface area contributed by atoms with E-state index in [1.165, 1.54) is 18.4 Å². The number of rotatable bonds is 3. The van der Waals surface area contributed by atoms with E-state index in [9.17, 15) is 0 Å². The van der Waals surface area contributed by atoms with E-state index < -0.39 is 0 Å². The van der Waals surface area contributed by atoms with Crippen LogP contribution in [-0.2, 0) is 0 Å². The second-order valence-corrected chi connectivity index (χ2v) is 3.23. The second kappa shape index (κ2) is 3.60. The Morgan fingerprint density at radius 1 is 1.40 bits per heavy atom. The van der Waals surface area contributed by atoms with Crippen LogP contribution < -0.4 is 0 Å². The molecule has 0 aromatic carbocycles. The van der Waals surface area contributed by atoms with Crippen molar-refractivity contribution in [2.75, 3.05) is 0 Å². The zero-order valence-electron chi connectivity index (χ0n) is 6.80. The average molecular weight is 135 g/mol. The highest BCUT2D eigenvalue weighted by atomic mass is 14.0. The fourth-order valence-electron chi connectivity index (χ4n) is 1.04. The summed E-state index contributed by atoms with van der Waals surface area (Å²) in [5.41, 5.74) is 1.48. The quantitative estimate of drug-likeness (QED) is 0.557. The van der Waals surface area contributed by atoms with Crippen molar-refractivity contribution >= 4 is 0 Å². The van der Waals surface area contributed by atoms with Crippen molar-refractivity contribution < 1.29 is 0 Å². The van der Waals surface area contributed by atoms with Gasteiger partial charge in [-0.05, 0) is 18.8 Å². The molecule has 10 heavy (non-hydrogen) atoms. The van der Waals surface area contributed by atoms with Crippen LogP contribution in [0.5, 0.6) is 0 Å². The fraction of sp³-hybridized carbons (Fsp3) is 0.500. The monoisotopic (exact) mass is 135 g/mol. The van der Waals surface area contributed by atoms with Crippen LogP contribution in [0.3, 0.4) is 0 Å². The van der Waals surface area contributed by atoms with Gasteiger partial charge in [-0.3, -0.25) is 0 Å². The van der Waals surface area contributed by atoms with Crippen molar-refractivity contribution in [2.45, 2.75) is 26.7 Å². The Morgan fingerprint density at radius 3 is 2.70 bits per heavy atom. The Morgan fingerprint density at radius 2 is 2.20 bits per heavy atom. The predicted octanol–water partition coefficient (Wildman–Crippen LogP) is 3.12. The summed E-state index contributed by atoms with van der Waals surface area (Å²) in [5, 5.41) is 0. The molecule has 1 aliphatic rings. The molecule has 0 atom stereocenters. The van der Waals surface area contributed by atoms with E-state index in [1.807, 2.05) is 0 Å². The molecule has 0 N–H and O–H groups in total. The normalized spacial score (nSPS) is 16.5. The van der Waals surface area contributed by atoms with E-state index in [1.54, 1.807) is 0 Å². The summed E-state index contributed by atoms with van der Waals surface area (Å²) < 4.78 is 0. The molecule has 1 radical (unpaired) electrons. The average Bonchev–Trinajstić information content (AvgIpc) is 2.34. The predicted molar refractivity (Wildman–Crippen MR) is 45.6 cm³/mol. The summed E-state index contributed by atoms with van der Waals surface area (Å²) >= 11 is 0. The standard InChI is InChI=1S/C10H15/c1-9(2)7-8-10-5-3-4-6-10/h3-6,9H,7-8H2,1-2H3. The molecule has 1 rings (SSSR count). The van der Waals surface area contributed by atoms with Crippen molar-refractivity contribution in [3.63, 3.8) is 0 Å². The zero-order chi connectivity index (χ0) is 7.40. The van der Waals surface area contributed by atoms with Gasteiger partial charge in [-0.2, -0.15) is 0 Å². The Bertz CT molecular complexity index is 149. The van der Waals surface area contributed by atoms with E-state index in [2.05, 4.69) is 38.5 Å². The summed E-state index contributed by atoms with van der Waals surface area (Å²) in [6.07, 6.45) is 11.2.